The summed E-state index contributed by atoms with van der Waals surface area (Å²) in [6.07, 6.45) is -4.77. The summed E-state index contributed by atoms with van der Waals surface area (Å²) in [5.74, 6) is -1.78. The number of hydrogen-bond donors (Lipinski definition) is 0. The largest absolute Gasteiger partial charge is 0.471 e. The van der Waals surface area contributed by atoms with E-state index in [2.05, 4.69) is 0 Å². The molecule has 1 heterocycles. The zero-order valence-corrected chi connectivity index (χ0v) is 8.02. The molecule has 0 spiro atoms. The number of carbonyl (C=O) groups is 1. The van der Waals surface area contributed by atoms with Gasteiger partial charge in [-0.1, -0.05) is 0 Å². The van der Waals surface area contributed by atoms with Crippen molar-refractivity contribution in [2.24, 2.45) is 0 Å². The number of halogens is 3. The van der Waals surface area contributed by atoms with Crippen molar-refractivity contribution in [2.45, 2.75) is 25.6 Å². The van der Waals surface area contributed by atoms with E-state index in [0.29, 0.717) is 6.61 Å². The van der Waals surface area contributed by atoms with Crippen LogP contribution in [-0.2, 0) is 9.53 Å². The first-order chi connectivity index (χ1) is 6.28. The summed E-state index contributed by atoms with van der Waals surface area (Å²) < 4.78 is 41.0. The molecule has 1 aliphatic rings. The third kappa shape index (κ3) is 2.17. The third-order valence-corrected chi connectivity index (χ3v) is 2.07. The van der Waals surface area contributed by atoms with Crippen molar-refractivity contribution in [1.82, 2.24) is 4.90 Å². The number of carbonyl (C=O) groups excluding carboxylic acids is 1. The zero-order valence-electron chi connectivity index (χ0n) is 8.02. The predicted octanol–water partition coefficient (Wildman–Crippen LogP) is 1.19. The molecule has 0 bridgehead atoms. The van der Waals surface area contributed by atoms with Crippen LogP contribution in [0.5, 0.6) is 0 Å². The minimum absolute atomic E-state index is 0.0131. The molecule has 0 aromatic rings. The molecule has 6 heteroatoms. The lowest BCUT2D eigenvalue weighted by Gasteiger charge is -2.47. The molecule has 0 atom stereocenters. The Bertz CT molecular complexity index is 233. The molecule has 1 fully saturated rings. The molecular weight excluding hydrogens is 199 g/mol. The first-order valence-corrected chi connectivity index (χ1v) is 4.28. The van der Waals surface area contributed by atoms with Gasteiger partial charge in [-0.25, -0.2) is 0 Å². The topological polar surface area (TPSA) is 29.5 Å². The van der Waals surface area contributed by atoms with Crippen LogP contribution in [0.15, 0.2) is 0 Å². The second kappa shape index (κ2) is 3.42. The van der Waals surface area contributed by atoms with Gasteiger partial charge < -0.3 is 9.64 Å². The Balaban J connectivity index is 2.45. The molecule has 0 saturated carbocycles. The highest BCUT2D eigenvalue weighted by Crippen LogP contribution is 2.29. The molecule has 1 saturated heterocycles. The highest BCUT2D eigenvalue weighted by molar-refractivity contribution is 5.82. The molecule has 14 heavy (non-hydrogen) atoms. The van der Waals surface area contributed by atoms with E-state index in [1.807, 2.05) is 0 Å². The van der Waals surface area contributed by atoms with Crippen molar-refractivity contribution in [1.29, 1.82) is 0 Å². The highest BCUT2D eigenvalue weighted by Gasteiger charge is 2.51. The maximum absolute atomic E-state index is 11.9. The number of hydrogen-bond acceptors (Lipinski definition) is 2. The second-order valence-electron chi connectivity index (χ2n) is 3.54. The molecule has 1 rings (SSSR count). The van der Waals surface area contributed by atoms with Gasteiger partial charge in [-0.2, -0.15) is 13.2 Å². The standard InChI is InChI=1S/C8H12F3NO2/c1-3-14-7(2)4-12(5-7)6(13)8(9,10)11/h3-5H2,1-2H3. The van der Waals surface area contributed by atoms with Crippen molar-refractivity contribution >= 4 is 5.91 Å². The van der Waals surface area contributed by atoms with Crippen molar-refractivity contribution in [3.8, 4) is 0 Å². The van der Waals surface area contributed by atoms with Gasteiger partial charge in [0.1, 0.15) is 5.60 Å². The van der Waals surface area contributed by atoms with Crippen molar-refractivity contribution in [2.75, 3.05) is 19.7 Å². The fraction of sp³-hybridized carbons (Fsp3) is 0.875. The van der Waals surface area contributed by atoms with E-state index < -0.39 is 17.7 Å². The third-order valence-electron chi connectivity index (χ3n) is 2.07. The molecule has 3 nitrogen and oxygen atoms in total. The zero-order chi connectivity index (χ0) is 11.0. The van der Waals surface area contributed by atoms with E-state index in [4.69, 9.17) is 4.74 Å². The average Bonchev–Trinajstić information content (AvgIpc) is 1.97. The van der Waals surface area contributed by atoms with Gasteiger partial charge in [0.2, 0.25) is 0 Å². The first kappa shape index (κ1) is 11.3. The predicted molar refractivity (Wildman–Crippen MR) is 42.7 cm³/mol. The maximum Gasteiger partial charge on any atom is 0.471 e. The Morgan fingerprint density at radius 2 is 2.00 bits per heavy atom. The Labute approximate surface area is 79.8 Å². The van der Waals surface area contributed by atoms with Crippen molar-refractivity contribution in [3.63, 3.8) is 0 Å². The number of rotatable bonds is 2. The van der Waals surface area contributed by atoms with Crippen molar-refractivity contribution < 1.29 is 22.7 Å². The Kier molecular flexibility index (Phi) is 2.76. The van der Waals surface area contributed by atoms with Gasteiger partial charge in [-0.3, -0.25) is 4.79 Å². The summed E-state index contributed by atoms with van der Waals surface area (Å²) in [5.41, 5.74) is -0.602. The fourth-order valence-electron chi connectivity index (χ4n) is 1.52. The number of ether oxygens (including phenoxy) is 1. The lowest BCUT2D eigenvalue weighted by atomic mass is 9.96. The van der Waals surface area contributed by atoms with Gasteiger partial charge >= 0.3 is 12.1 Å². The lowest BCUT2D eigenvalue weighted by molar-refractivity contribution is -0.206. The molecule has 0 aromatic carbocycles. The van der Waals surface area contributed by atoms with Crippen LogP contribution in [0.2, 0.25) is 0 Å². The summed E-state index contributed by atoms with van der Waals surface area (Å²) in [6, 6.07) is 0. The molecular formula is C8H12F3NO2. The van der Waals surface area contributed by atoms with Crippen LogP contribution in [-0.4, -0.2) is 42.3 Å². The minimum atomic E-state index is -4.77. The molecule has 0 unspecified atom stereocenters. The molecule has 82 valence electrons. The normalized spacial score (nSPS) is 20.5. The van der Waals surface area contributed by atoms with Crippen LogP contribution in [0.25, 0.3) is 0 Å². The first-order valence-electron chi connectivity index (χ1n) is 4.28. The van der Waals surface area contributed by atoms with Gasteiger partial charge in [0.05, 0.1) is 13.1 Å². The van der Waals surface area contributed by atoms with E-state index in [1.165, 1.54) is 0 Å². The molecule has 0 aliphatic carbocycles. The number of nitrogens with zero attached hydrogens (tertiary/aromatic N) is 1. The van der Waals surface area contributed by atoms with Gasteiger partial charge in [-0.15, -0.1) is 0 Å². The SMILES string of the molecule is CCOC1(C)CN(C(=O)C(F)(F)F)C1. The van der Waals surface area contributed by atoms with Gasteiger partial charge in [-0.05, 0) is 13.8 Å². The Morgan fingerprint density at radius 1 is 1.50 bits per heavy atom. The molecule has 0 radical (unpaired) electrons. The quantitative estimate of drug-likeness (QED) is 0.686. The average molecular weight is 211 g/mol. The minimum Gasteiger partial charge on any atom is -0.372 e. The number of alkyl halides is 3. The van der Waals surface area contributed by atoms with Crippen LogP contribution >= 0.6 is 0 Å². The van der Waals surface area contributed by atoms with E-state index in [9.17, 15) is 18.0 Å². The van der Waals surface area contributed by atoms with Crippen LogP contribution in [0.4, 0.5) is 13.2 Å². The molecule has 1 amide bonds. The van der Waals surface area contributed by atoms with Crippen molar-refractivity contribution in [3.05, 3.63) is 0 Å². The lowest BCUT2D eigenvalue weighted by Crippen LogP contribution is -2.65. The van der Waals surface area contributed by atoms with Gasteiger partial charge in [0.15, 0.2) is 0 Å². The second-order valence-corrected chi connectivity index (χ2v) is 3.54. The Morgan fingerprint density at radius 3 is 2.36 bits per heavy atom. The Hall–Kier alpha value is -0.780. The molecule has 0 aromatic heterocycles. The van der Waals surface area contributed by atoms with E-state index in [-0.39, 0.29) is 13.1 Å². The van der Waals surface area contributed by atoms with Crippen LogP contribution < -0.4 is 0 Å². The maximum atomic E-state index is 11.9. The smallest absolute Gasteiger partial charge is 0.372 e. The summed E-state index contributed by atoms with van der Waals surface area (Å²) in [4.78, 5) is 11.4. The summed E-state index contributed by atoms with van der Waals surface area (Å²) in [6.45, 7) is 3.92. The van der Waals surface area contributed by atoms with E-state index >= 15 is 0 Å². The fourth-order valence-corrected chi connectivity index (χ4v) is 1.52. The summed E-state index contributed by atoms with van der Waals surface area (Å²) >= 11 is 0. The number of likely N-dealkylation sites (tertiary alicyclic amines) is 1. The van der Waals surface area contributed by atoms with Crippen LogP contribution in [0.1, 0.15) is 13.8 Å². The molecule has 1 aliphatic heterocycles. The highest BCUT2D eigenvalue weighted by atomic mass is 19.4. The van der Waals surface area contributed by atoms with Gasteiger partial charge in [0.25, 0.3) is 0 Å². The van der Waals surface area contributed by atoms with Gasteiger partial charge in [0, 0.05) is 6.61 Å². The summed E-state index contributed by atoms with van der Waals surface area (Å²) in [5, 5.41) is 0. The number of amides is 1. The van der Waals surface area contributed by atoms with E-state index in [1.54, 1.807) is 13.8 Å². The van der Waals surface area contributed by atoms with E-state index in [0.717, 1.165) is 4.90 Å². The van der Waals surface area contributed by atoms with Crippen LogP contribution in [0, 0.1) is 0 Å². The monoisotopic (exact) mass is 211 g/mol. The van der Waals surface area contributed by atoms with Crippen LogP contribution in [0.3, 0.4) is 0 Å². The molecule has 0 N–H and O–H groups in total. The summed E-state index contributed by atoms with van der Waals surface area (Å²) in [7, 11) is 0.